The van der Waals surface area contributed by atoms with Crippen molar-refractivity contribution < 1.29 is 152 Å². The number of ether oxygens (including phenoxy) is 22. The van der Waals surface area contributed by atoms with Gasteiger partial charge in [0.2, 0.25) is 0 Å². The minimum Gasteiger partial charge on any atom is -0.469 e. The van der Waals surface area contributed by atoms with Crippen LogP contribution < -0.4 is 0 Å². The Bertz CT molecular complexity index is 1620. The van der Waals surface area contributed by atoms with Gasteiger partial charge in [0.25, 0.3) is 0 Å². The van der Waals surface area contributed by atoms with Crippen LogP contribution in [0.2, 0.25) is 0 Å². The van der Waals surface area contributed by atoms with Crippen molar-refractivity contribution in [2.45, 2.75) is 104 Å². The van der Waals surface area contributed by atoms with Gasteiger partial charge in [0.15, 0.2) is 0 Å². The standard InChI is InChI=1S/C12H22O7.C12H22O6.C10H18O5.C8H14O5.C6H10O4.C5H12O2.C4H10O2.C2H6O/c1-15-5-7-17-8-10-19-12(14)4-3-11(13)18-9-6-16-2;1-3-6-16-8-10-18-12(14)5-4-11(13)17-9-7-15-2;1-3-6-14-7-8-15-10(12)5-4-9(11)13-2;1-11-5-6-13-8(10)4-3-7(9)12-2;1-9-5(7)3-4-6(8)10-2;1-5(7-3)4-6-2;1-5-3-4-6-2;1-3-2/h3-10H2,1-2H3;3-10H2,1-2H3;3-8H2,1-2H3;3-6H2,1-2H3;3-4H2,1-2H3;5H,4H2,1-3H3;3-4H2,1-2H3;1-2H3. The van der Waals surface area contributed by atoms with Gasteiger partial charge in [-0.1, -0.05) is 13.8 Å². The molecule has 0 N–H and O–H groups in total. The Morgan fingerprint density at radius 2 is 0.418 bits per heavy atom. The number of hydrogen-bond donors (Lipinski definition) is 0. The fourth-order valence-electron chi connectivity index (χ4n) is 4.43. The Balaban J connectivity index is -0.000000150. The highest BCUT2D eigenvalue weighted by molar-refractivity contribution is 5.79. The van der Waals surface area contributed by atoms with Crippen LogP contribution in [0.3, 0.4) is 0 Å². The van der Waals surface area contributed by atoms with Crippen molar-refractivity contribution in [2.24, 2.45) is 0 Å². The summed E-state index contributed by atoms with van der Waals surface area (Å²) >= 11 is 0. The summed E-state index contributed by atoms with van der Waals surface area (Å²) in [6.07, 6.45) is 2.56. The largest absolute Gasteiger partial charge is 0.469 e. The van der Waals surface area contributed by atoms with Crippen molar-refractivity contribution in [1.82, 2.24) is 0 Å². The van der Waals surface area contributed by atoms with Gasteiger partial charge >= 0.3 is 59.7 Å². The first-order chi connectivity index (χ1) is 43.6. The molecule has 0 aliphatic carbocycles. The van der Waals surface area contributed by atoms with Gasteiger partial charge < -0.3 is 104 Å². The topological polar surface area (TPSA) is 374 Å². The molecule has 32 nitrogen and oxygen atoms in total. The predicted molar refractivity (Wildman–Crippen MR) is 326 cm³/mol. The molecule has 0 saturated carbocycles. The fraction of sp³-hybridized carbons (Fsp3) is 0.831. The van der Waals surface area contributed by atoms with E-state index in [4.69, 9.17) is 66.3 Å². The van der Waals surface area contributed by atoms with E-state index in [9.17, 15) is 47.9 Å². The summed E-state index contributed by atoms with van der Waals surface area (Å²) in [5.74, 6) is -4.16. The maximum Gasteiger partial charge on any atom is 0.306 e. The molecule has 0 spiro atoms. The summed E-state index contributed by atoms with van der Waals surface area (Å²) in [4.78, 5) is 109. The fourth-order valence-corrected chi connectivity index (χ4v) is 4.43. The first-order valence-electron chi connectivity index (χ1n) is 29.0. The Hall–Kier alpha value is -5.78. The van der Waals surface area contributed by atoms with Crippen molar-refractivity contribution in [2.75, 3.05) is 225 Å². The molecule has 91 heavy (non-hydrogen) atoms. The molecule has 0 saturated heterocycles. The van der Waals surface area contributed by atoms with Crippen LogP contribution >= 0.6 is 0 Å². The molecular formula is C59H114O32. The maximum atomic E-state index is 11.2. The highest BCUT2D eigenvalue weighted by Gasteiger charge is 2.12. The summed E-state index contributed by atoms with van der Waals surface area (Å²) in [6, 6.07) is 0. The number of hydrogen-bond acceptors (Lipinski definition) is 32. The smallest absolute Gasteiger partial charge is 0.306 e. The molecule has 0 aromatic heterocycles. The average Bonchev–Trinajstić information content (AvgIpc) is 3.56. The number of methoxy groups -OCH3 is 13. The third kappa shape index (κ3) is 109. The third-order valence-corrected chi connectivity index (χ3v) is 9.12. The summed E-state index contributed by atoms with van der Waals surface area (Å²) < 4.78 is 104. The zero-order valence-electron chi connectivity index (χ0n) is 57.6. The van der Waals surface area contributed by atoms with Gasteiger partial charge in [-0.05, 0) is 19.8 Å². The molecule has 542 valence electrons. The Morgan fingerprint density at radius 3 is 0.593 bits per heavy atom. The second-order valence-corrected chi connectivity index (χ2v) is 16.8. The zero-order chi connectivity index (χ0) is 70.8. The van der Waals surface area contributed by atoms with Gasteiger partial charge in [0.1, 0.15) is 39.6 Å². The van der Waals surface area contributed by atoms with Crippen LogP contribution in [0.15, 0.2) is 0 Å². The highest BCUT2D eigenvalue weighted by Crippen LogP contribution is 2.00. The van der Waals surface area contributed by atoms with E-state index in [2.05, 4.69) is 37.9 Å². The van der Waals surface area contributed by atoms with E-state index in [0.717, 1.165) is 12.8 Å². The van der Waals surface area contributed by atoms with E-state index < -0.39 is 59.7 Å². The molecular weight excluding hydrogens is 1220 g/mol. The van der Waals surface area contributed by atoms with E-state index in [1.165, 1.54) is 49.8 Å². The van der Waals surface area contributed by atoms with Crippen LogP contribution in [-0.4, -0.2) is 291 Å². The molecule has 0 aromatic carbocycles. The van der Waals surface area contributed by atoms with E-state index in [1.54, 1.807) is 49.8 Å². The maximum absolute atomic E-state index is 11.2. The van der Waals surface area contributed by atoms with Gasteiger partial charge in [0.05, 0.1) is 171 Å². The number of esters is 10. The summed E-state index contributed by atoms with van der Waals surface area (Å²) in [5.41, 5.74) is 0. The van der Waals surface area contributed by atoms with Gasteiger partial charge in [-0.3, -0.25) is 47.9 Å². The van der Waals surface area contributed by atoms with Crippen LogP contribution in [-0.2, 0) is 152 Å². The number of carbonyl (C=O) groups excluding carboxylic acids is 10. The molecule has 0 heterocycles. The number of carbonyl (C=O) groups is 10. The van der Waals surface area contributed by atoms with E-state index in [0.29, 0.717) is 85.9 Å². The molecule has 1 unspecified atom stereocenters. The first kappa shape index (κ1) is 101. The summed E-state index contributed by atoms with van der Waals surface area (Å²) in [6.45, 7) is 13.7. The third-order valence-electron chi connectivity index (χ3n) is 9.12. The molecule has 0 aromatic rings. The molecule has 0 fully saturated rings. The molecule has 0 rings (SSSR count). The minimum atomic E-state index is -0.445. The van der Waals surface area contributed by atoms with Crippen molar-refractivity contribution in [3.63, 3.8) is 0 Å². The average molecular weight is 1340 g/mol. The highest BCUT2D eigenvalue weighted by atomic mass is 16.6. The van der Waals surface area contributed by atoms with Gasteiger partial charge in [-0.2, -0.15) is 0 Å². The molecule has 1 atom stereocenters. The normalized spacial score (nSPS) is 9.90. The molecule has 32 heteroatoms. The second kappa shape index (κ2) is 90.6. The van der Waals surface area contributed by atoms with Crippen LogP contribution in [0.4, 0.5) is 0 Å². The van der Waals surface area contributed by atoms with Gasteiger partial charge in [0, 0.05) is 84.3 Å². The zero-order valence-corrected chi connectivity index (χ0v) is 57.6. The van der Waals surface area contributed by atoms with Gasteiger partial charge in [-0.25, -0.2) is 0 Å². The van der Waals surface area contributed by atoms with E-state index >= 15 is 0 Å². The lowest BCUT2D eigenvalue weighted by molar-refractivity contribution is -0.151. The predicted octanol–water partition coefficient (Wildman–Crippen LogP) is 3.45. The van der Waals surface area contributed by atoms with Crippen molar-refractivity contribution in [3.8, 4) is 0 Å². The lowest BCUT2D eigenvalue weighted by Gasteiger charge is -2.06. The Kier molecular flexibility index (Phi) is 101. The molecule has 0 aliphatic heterocycles. The Labute approximate surface area is 539 Å². The lowest BCUT2D eigenvalue weighted by Crippen LogP contribution is -2.15. The van der Waals surface area contributed by atoms with Crippen molar-refractivity contribution in [1.29, 1.82) is 0 Å². The molecule has 0 bridgehead atoms. The molecule has 0 amide bonds. The van der Waals surface area contributed by atoms with Crippen LogP contribution in [0, 0.1) is 0 Å². The van der Waals surface area contributed by atoms with Gasteiger partial charge in [-0.15, -0.1) is 0 Å². The Morgan fingerprint density at radius 1 is 0.242 bits per heavy atom. The summed E-state index contributed by atoms with van der Waals surface area (Å²) in [5, 5.41) is 0. The first-order valence-corrected chi connectivity index (χ1v) is 29.0. The summed E-state index contributed by atoms with van der Waals surface area (Å²) in [7, 11) is 21.1. The van der Waals surface area contributed by atoms with Crippen molar-refractivity contribution >= 4 is 59.7 Å². The lowest BCUT2D eigenvalue weighted by atomic mass is 10.3. The second-order valence-electron chi connectivity index (χ2n) is 16.8. The van der Waals surface area contributed by atoms with Crippen LogP contribution in [0.1, 0.15) is 97.8 Å². The SMILES string of the molecule is CCCOCCOC(=O)CCC(=O)OC.CCCOCCOC(=O)CCC(=O)OCCOC.COC.COC(=O)CCC(=O)OC.COCC(C)OC.COCCOC.COCCOC(=O)CCC(=O)OC.COCCOCCOC(=O)CCC(=O)OCCOC. The molecule has 0 radical (unpaired) electrons. The van der Waals surface area contributed by atoms with Crippen LogP contribution in [0.5, 0.6) is 0 Å². The monoisotopic (exact) mass is 1330 g/mol. The van der Waals surface area contributed by atoms with E-state index in [1.807, 2.05) is 20.8 Å². The minimum absolute atomic E-state index is 0.00386. The quantitative estimate of drug-likeness (QED) is 0.0478. The van der Waals surface area contributed by atoms with Crippen molar-refractivity contribution in [3.05, 3.63) is 0 Å². The number of rotatable bonds is 46. The molecule has 0 aliphatic rings. The van der Waals surface area contributed by atoms with Crippen LogP contribution in [0.25, 0.3) is 0 Å². The van der Waals surface area contributed by atoms with E-state index in [-0.39, 0.29) is 110 Å².